The molecule has 0 saturated carbocycles. The summed E-state index contributed by atoms with van der Waals surface area (Å²) in [5, 5.41) is 21.4. The van der Waals surface area contributed by atoms with Gasteiger partial charge >= 0.3 is 6.03 Å². The Kier molecular flexibility index (Phi) is 7.37. The molecule has 0 aliphatic rings. The van der Waals surface area contributed by atoms with E-state index in [4.69, 9.17) is 0 Å². The van der Waals surface area contributed by atoms with E-state index >= 15 is 0 Å². The van der Waals surface area contributed by atoms with Gasteiger partial charge < -0.3 is 20.9 Å². The van der Waals surface area contributed by atoms with Crippen molar-refractivity contribution in [3.63, 3.8) is 0 Å². The van der Waals surface area contributed by atoms with Crippen molar-refractivity contribution in [2.24, 2.45) is 0 Å². The summed E-state index contributed by atoms with van der Waals surface area (Å²) in [5.41, 5.74) is 0.817. The van der Waals surface area contributed by atoms with Gasteiger partial charge in [-0.15, -0.1) is 11.3 Å². The van der Waals surface area contributed by atoms with E-state index in [0.29, 0.717) is 19.6 Å². The first kappa shape index (κ1) is 19.7. The molecule has 3 N–H and O–H groups in total. The third kappa shape index (κ3) is 6.01. The van der Waals surface area contributed by atoms with Crippen LogP contribution < -0.4 is 16.0 Å². The number of nitrogens with one attached hydrogen (secondary N) is 3. The van der Waals surface area contributed by atoms with Gasteiger partial charge in [-0.2, -0.15) is 0 Å². The third-order valence-corrected chi connectivity index (χ3v) is 4.74. The van der Waals surface area contributed by atoms with Crippen LogP contribution in [0.4, 0.5) is 16.2 Å². The summed E-state index contributed by atoms with van der Waals surface area (Å²) in [5.74, 6) is 0. The topological polar surface area (TPSA) is 99.5 Å². The van der Waals surface area contributed by atoms with Gasteiger partial charge in [0.1, 0.15) is 0 Å². The Labute approximate surface area is 156 Å². The quantitative estimate of drug-likeness (QED) is 0.354. The fourth-order valence-electron chi connectivity index (χ4n) is 2.35. The molecule has 26 heavy (non-hydrogen) atoms. The molecule has 0 bridgehead atoms. The predicted molar refractivity (Wildman–Crippen MR) is 104 cm³/mol. The largest absolute Gasteiger partial charge is 0.383 e. The van der Waals surface area contributed by atoms with Crippen LogP contribution in [0.2, 0.25) is 0 Å². The van der Waals surface area contributed by atoms with Gasteiger partial charge in [-0.25, -0.2) is 4.79 Å². The van der Waals surface area contributed by atoms with Crippen molar-refractivity contribution < 1.29 is 9.72 Å². The van der Waals surface area contributed by atoms with E-state index in [9.17, 15) is 14.9 Å². The monoisotopic (exact) mass is 377 g/mol. The molecule has 1 aromatic heterocycles. The molecule has 1 aromatic carbocycles. The fourth-order valence-corrected chi connectivity index (χ4v) is 3.28. The van der Waals surface area contributed by atoms with Crippen molar-refractivity contribution in [2.75, 3.05) is 39.0 Å². The van der Waals surface area contributed by atoms with Crippen molar-refractivity contribution in [1.29, 1.82) is 0 Å². The minimum atomic E-state index is -0.438. The molecule has 0 saturated heterocycles. The van der Waals surface area contributed by atoms with Gasteiger partial charge in [-0.05, 0) is 37.7 Å². The Morgan fingerprint density at radius 2 is 1.92 bits per heavy atom. The average molecular weight is 377 g/mol. The number of non-ortho nitro benzene ring substituents is 1. The molecule has 0 radical (unpaired) electrons. The molecule has 2 rings (SSSR count). The minimum absolute atomic E-state index is 0.0502. The normalized spacial score (nSPS) is 11.8. The molecule has 0 aliphatic carbocycles. The van der Waals surface area contributed by atoms with E-state index in [-0.39, 0.29) is 17.8 Å². The smallest absolute Gasteiger partial charge is 0.314 e. The Balaban J connectivity index is 1.67. The summed E-state index contributed by atoms with van der Waals surface area (Å²) < 4.78 is 0. The number of likely N-dealkylation sites (N-methyl/N-ethyl adjacent to an activating group) is 1. The number of urea groups is 1. The van der Waals surface area contributed by atoms with Gasteiger partial charge in [0.2, 0.25) is 0 Å². The van der Waals surface area contributed by atoms with Gasteiger partial charge in [-0.3, -0.25) is 10.1 Å². The molecule has 2 amide bonds. The van der Waals surface area contributed by atoms with Crippen LogP contribution in [0.25, 0.3) is 0 Å². The van der Waals surface area contributed by atoms with E-state index in [1.165, 1.54) is 17.0 Å². The zero-order valence-electron chi connectivity index (χ0n) is 14.8. The molecule has 1 heterocycles. The average Bonchev–Trinajstić information content (AvgIpc) is 3.13. The lowest BCUT2D eigenvalue weighted by atomic mass is 10.2. The van der Waals surface area contributed by atoms with E-state index in [1.807, 2.05) is 25.5 Å². The van der Waals surface area contributed by atoms with E-state index in [0.717, 1.165) is 5.69 Å². The molecule has 2 aromatic rings. The molecule has 9 heteroatoms. The van der Waals surface area contributed by atoms with E-state index in [1.54, 1.807) is 23.5 Å². The van der Waals surface area contributed by atoms with Crippen LogP contribution >= 0.6 is 11.3 Å². The fraction of sp³-hybridized carbons (Fsp3) is 0.353. The number of hydrogen-bond acceptors (Lipinski definition) is 6. The number of carbonyl (C=O) groups is 1. The van der Waals surface area contributed by atoms with Gasteiger partial charge in [0.25, 0.3) is 5.69 Å². The highest BCUT2D eigenvalue weighted by Gasteiger charge is 2.15. The second-order valence-corrected chi connectivity index (χ2v) is 6.84. The maximum absolute atomic E-state index is 11.9. The number of rotatable bonds is 9. The van der Waals surface area contributed by atoms with Gasteiger partial charge in [0, 0.05) is 42.3 Å². The number of nitro groups is 1. The lowest BCUT2D eigenvalue weighted by Crippen LogP contribution is -2.41. The molecule has 0 aliphatic heterocycles. The van der Waals surface area contributed by atoms with Crippen molar-refractivity contribution in [3.8, 4) is 0 Å². The Bertz CT molecular complexity index is 704. The van der Waals surface area contributed by atoms with Crippen LogP contribution in [0.3, 0.4) is 0 Å². The maximum atomic E-state index is 11.9. The van der Waals surface area contributed by atoms with Crippen LogP contribution in [-0.4, -0.2) is 49.6 Å². The van der Waals surface area contributed by atoms with Gasteiger partial charge in [0.05, 0.1) is 11.0 Å². The van der Waals surface area contributed by atoms with E-state index in [2.05, 4.69) is 26.9 Å². The van der Waals surface area contributed by atoms with Crippen molar-refractivity contribution >= 4 is 28.7 Å². The Morgan fingerprint density at radius 3 is 2.50 bits per heavy atom. The Morgan fingerprint density at radius 1 is 1.19 bits per heavy atom. The number of carbonyl (C=O) groups excluding carboxylic acids is 1. The summed E-state index contributed by atoms with van der Waals surface area (Å²) in [6.45, 7) is 1.48. The highest BCUT2D eigenvalue weighted by molar-refractivity contribution is 7.10. The zero-order chi connectivity index (χ0) is 18.9. The highest BCUT2D eigenvalue weighted by Crippen LogP contribution is 2.22. The minimum Gasteiger partial charge on any atom is -0.383 e. The molecular formula is C17H23N5O3S. The summed E-state index contributed by atoms with van der Waals surface area (Å²) >= 11 is 1.67. The summed E-state index contributed by atoms with van der Waals surface area (Å²) in [7, 11) is 3.97. The number of thiophene rings is 1. The third-order valence-electron chi connectivity index (χ3n) is 3.77. The number of amides is 2. The lowest BCUT2D eigenvalue weighted by molar-refractivity contribution is -0.384. The number of anilines is 1. The lowest BCUT2D eigenvalue weighted by Gasteiger charge is -2.23. The number of hydrogen-bond donors (Lipinski definition) is 3. The van der Waals surface area contributed by atoms with Gasteiger partial charge in [0.15, 0.2) is 0 Å². The predicted octanol–water partition coefficient (Wildman–Crippen LogP) is 2.67. The van der Waals surface area contributed by atoms with Crippen LogP contribution in [-0.2, 0) is 0 Å². The molecule has 1 atom stereocenters. The van der Waals surface area contributed by atoms with Crippen LogP contribution in [0.15, 0.2) is 41.8 Å². The molecule has 8 nitrogen and oxygen atoms in total. The zero-order valence-corrected chi connectivity index (χ0v) is 15.6. The number of benzene rings is 1. The number of nitrogens with zero attached hydrogens (tertiary/aromatic N) is 2. The van der Waals surface area contributed by atoms with Gasteiger partial charge in [-0.1, -0.05) is 6.07 Å². The first-order chi connectivity index (χ1) is 12.5. The summed E-state index contributed by atoms with van der Waals surface area (Å²) in [4.78, 5) is 25.4. The maximum Gasteiger partial charge on any atom is 0.314 e. The SMILES string of the molecule is CN(C)C(CNC(=O)NCCNc1ccc([N+](=O)[O-])cc1)c1cccs1. The van der Waals surface area contributed by atoms with Crippen molar-refractivity contribution in [1.82, 2.24) is 15.5 Å². The first-order valence-corrected chi connectivity index (χ1v) is 9.05. The Hall–Kier alpha value is -2.65. The molecule has 0 fully saturated rings. The molecular weight excluding hydrogens is 354 g/mol. The van der Waals surface area contributed by atoms with E-state index < -0.39 is 4.92 Å². The standard InChI is InChI=1S/C17H23N5O3S/c1-21(2)15(16-4-3-11-26-16)12-20-17(23)19-10-9-18-13-5-7-14(8-6-13)22(24)25/h3-8,11,15,18H,9-10,12H2,1-2H3,(H2,19,20,23). The second-order valence-electron chi connectivity index (χ2n) is 5.86. The second kappa shape index (κ2) is 9.73. The summed E-state index contributed by atoms with van der Waals surface area (Å²) in [6, 6.07) is 10.1. The number of nitro benzene ring substituents is 1. The van der Waals surface area contributed by atoms with Crippen LogP contribution in [0.1, 0.15) is 10.9 Å². The van der Waals surface area contributed by atoms with Crippen molar-refractivity contribution in [2.45, 2.75) is 6.04 Å². The highest BCUT2D eigenvalue weighted by atomic mass is 32.1. The van der Waals surface area contributed by atoms with Crippen molar-refractivity contribution in [3.05, 3.63) is 56.8 Å². The molecule has 1 unspecified atom stereocenters. The molecule has 140 valence electrons. The summed E-state index contributed by atoms with van der Waals surface area (Å²) in [6.07, 6.45) is 0. The van der Waals surface area contributed by atoms with Crippen LogP contribution in [0.5, 0.6) is 0 Å². The first-order valence-electron chi connectivity index (χ1n) is 8.17. The molecule has 0 spiro atoms. The van der Waals surface area contributed by atoms with Crippen LogP contribution in [0, 0.1) is 10.1 Å².